The summed E-state index contributed by atoms with van der Waals surface area (Å²) in [5.74, 6) is 0.865. The molecule has 0 atom stereocenters. The lowest BCUT2D eigenvalue weighted by Gasteiger charge is -2.17. The molecule has 0 rings (SSSR count). The SMILES string of the molecule is CC(C)(CN)CS. The van der Waals surface area contributed by atoms with Gasteiger partial charge in [-0.15, -0.1) is 0 Å². The minimum Gasteiger partial charge on any atom is -0.330 e. The van der Waals surface area contributed by atoms with E-state index in [0.717, 1.165) is 12.3 Å². The van der Waals surface area contributed by atoms with E-state index in [2.05, 4.69) is 26.5 Å². The van der Waals surface area contributed by atoms with Crippen molar-refractivity contribution in [3.05, 3.63) is 0 Å². The third-order valence-electron chi connectivity index (χ3n) is 0.981. The second-order valence-electron chi connectivity index (χ2n) is 2.53. The number of hydrogen-bond acceptors (Lipinski definition) is 2. The summed E-state index contributed by atoms with van der Waals surface area (Å²) in [5.41, 5.74) is 5.59. The third kappa shape index (κ3) is 2.94. The highest BCUT2D eigenvalue weighted by Crippen LogP contribution is 2.12. The molecule has 0 heterocycles. The number of hydrogen-bond donors (Lipinski definition) is 2. The van der Waals surface area contributed by atoms with Gasteiger partial charge in [-0.25, -0.2) is 0 Å². The Hall–Kier alpha value is 0.310. The Morgan fingerprint density at radius 1 is 1.57 bits per heavy atom. The van der Waals surface area contributed by atoms with E-state index in [9.17, 15) is 0 Å². The minimum atomic E-state index is 0.225. The fraction of sp³-hybridized carbons (Fsp3) is 1.00. The molecule has 0 aliphatic carbocycles. The summed E-state index contributed by atoms with van der Waals surface area (Å²) in [6.45, 7) is 4.91. The van der Waals surface area contributed by atoms with Crippen LogP contribution in [0.2, 0.25) is 0 Å². The van der Waals surface area contributed by atoms with E-state index >= 15 is 0 Å². The summed E-state index contributed by atoms with van der Waals surface area (Å²) in [6.07, 6.45) is 0. The van der Waals surface area contributed by atoms with Crippen LogP contribution in [0.1, 0.15) is 13.8 Å². The van der Waals surface area contributed by atoms with Gasteiger partial charge in [0.2, 0.25) is 0 Å². The summed E-state index contributed by atoms with van der Waals surface area (Å²) < 4.78 is 0. The van der Waals surface area contributed by atoms with E-state index in [1.807, 2.05) is 0 Å². The van der Waals surface area contributed by atoms with Crippen LogP contribution >= 0.6 is 12.6 Å². The molecule has 1 nitrogen and oxygen atoms in total. The predicted octanol–water partition coefficient (Wildman–Crippen LogP) is 0.901. The molecule has 0 fully saturated rings. The molecule has 0 aromatic rings. The molecule has 0 radical (unpaired) electrons. The molecule has 0 aromatic carbocycles. The molecule has 7 heavy (non-hydrogen) atoms. The average Bonchev–Trinajstić information content (AvgIpc) is 1.68. The standard InChI is InChI=1S/C5H13NS/c1-5(2,3-6)4-7/h7H,3-4,6H2,1-2H3. The average molecular weight is 119 g/mol. The molecule has 0 saturated carbocycles. The Morgan fingerprint density at radius 2 is 2.00 bits per heavy atom. The van der Waals surface area contributed by atoms with Gasteiger partial charge in [-0.05, 0) is 17.7 Å². The van der Waals surface area contributed by atoms with Crippen LogP contribution < -0.4 is 5.73 Å². The van der Waals surface area contributed by atoms with Crippen LogP contribution in [0.5, 0.6) is 0 Å². The molecule has 0 aliphatic heterocycles. The van der Waals surface area contributed by atoms with Gasteiger partial charge in [-0.1, -0.05) is 13.8 Å². The van der Waals surface area contributed by atoms with Crippen molar-refractivity contribution in [3.63, 3.8) is 0 Å². The number of rotatable bonds is 2. The smallest absolute Gasteiger partial charge is 0.00180 e. The Kier molecular flexibility index (Phi) is 2.69. The van der Waals surface area contributed by atoms with Crippen LogP contribution in [0.15, 0.2) is 0 Å². The zero-order valence-corrected chi connectivity index (χ0v) is 5.83. The van der Waals surface area contributed by atoms with E-state index in [0.29, 0.717) is 0 Å². The van der Waals surface area contributed by atoms with Crippen molar-refractivity contribution in [2.24, 2.45) is 11.1 Å². The zero-order chi connectivity index (χ0) is 5.91. The maximum absolute atomic E-state index is 5.37. The van der Waals surface area contributed by atoms with Gasteiger partial charge in [-0.2, -0.15) is 12.6 Å². The van der Waals surface area contributed by atoms with Gasteiger partial charge in [0.15, 0.2) is 0 Å². The summed E-state index contributed by atoms with van der Waals surface area (Å²) in [4.78, 5) is 0. The summed E-state index contributed by atoms with van der Waals surface area (Å²) in [5, 5.41) is 0. The molecular formula is C5H13NS. The van der Waals surface area contributed by atoms with Gasteiger partial charge in [0, 0.05) is 0 Å². The molecule has 0 amide bonds. The first-order valence-electron chi connectivity index (χ1n) is 2.43. The van der Waals surface area contributed by atoms with Crippen LogP contribution in [-0.4, -0.2) is 12.3 Å². The topological polar surface area (TPSA) is 26.0 Å². The highest BCUT2D eigenvalue weighted by molar-refractivity contribution is 7.80. The fourth-order valence-electron chi connectivity index (χ4n) is 0.0645. The maximum atomic E-state index is 5.37. The van der Waals surface area contributed by atoms with Crippen LogP contribution in [0.4, 0.5) is 0 Å². The number of thiol groups is 1. The van der Waals surface area contributed by atoms with E-state index < -0.39 is 0 Å². The Labute approximate surface area is 50.7 Å². The summed E-state index contributed by atoms with van der Waals surface area (Å²) in [7, 11) is 0. The highest BCUT2D eigenvalue weighted by Gasteiger charge is 2.10. The third-order valence-corrected chi connectivity index (χ3v) is 1.84. The molecule has 0 bridgehead atoms. The molecule has 0 unspecified atom stereocenters. The van der Waals surface area contributed by atoms with E-state index in [1.54, 1.807) is 0 Å². The van der Waals surface area contributed by atoms with E-state index in [1.165, 1.54) is 0 Å². The van der Waals surface area contributed by atoms with Gasteiger partial charge < -0.3 is 5.73 Å². The molecule has 0 aromatic heterocycles. The second kappa shape index (κ2) is 2.58. The van der Waals surface area contributed by atoms with Crippen LogP contribution in [0.25, 0.3) is 0 Å². The van der Waals surface area contributed by atoms with Crippen molar-refractivity contribution in [1.29, 1.82) is 0 Å². The first-order chi connectivity index (χ1) is 3.12. The van der Waals surface area contributed by atoms with Gasteiger partial charge in [0.25, 0.3) is 0 Å². The van der Waals surface area contributed by atoms with Gasteiger partial charge in [0.1, 0.15) is 0 Å². The number of nitrogens with two attached hydrogens (primary N) is 1. The minimum absolute atomic E-state index is 0.225. The second-order valence-corrected chi connectivity index (χ2v) is 2.84. The van der Waals surface area contributed by atoms with Gasteiger partial charge in [0.05, 0.1) is 0 Å². The maximum Gasteiger partial charge on any atom is -0.00180 e. The van der Waals surface area contributed by atoms with Crippen molar-refractivity contribution in [3.8, 4) is 0 Å². The first kappa shape index (κ1) is 7.31. The molecule has 2 N–H and O–H groups in total. The first-order valence-corrected chi connectivity index (χ1v) is 3.06. The fourth-order valence-corrected chi connectivity index (χ4v) is 0.194. The predicted molar refractivity (Wildman–Crippen MR) is 36.7 cm³/mol. The summed E-state index contributed by atoms with van der Waals surface area (Å²) >= 11 is 4.10. The van der Waals surface area contributed by atoms with E-state index in [-0.39, 0.29) is 5.41 Å². The monoisotopic (exact) mass is 119 g/mol. The molecular weight excluding hydrogens is 106 g/mol. The van der Waals surface area contributed by atoms with Crippen LogP contribution in [0.3, 0.4) is 0 Å². The molecule has 0 aliphatic rings. The van der Waals surface area contributed by atoms with Crippen molar-refractivity contribution in [1.82, 2.24) is 0 Å². The van der Waals surface area contributed by atoms with Crippen molar-refractivity contribution in [2.75, 3.05) is 12.3 Å². The Morgan fingerprint density at radius 3 is 2.00 bits per heavy atom. The molecule has 0 saturated heterocycles. The Balaban J connectivity index is 3.36. The highest BCUT2D eigenvalue weighted by atomic mass is 32.1. The lowest BCUT2D eigenvalue weighted by atomic mass is 9.97. The van der Waals surface area contributed by atoms with Gasteiger partial charge in [-0.3, -0.25) is 0 Å². The summed E-state index contributed by atoms with van der Waals surface area (Å²) in [6, 6.07) is 0. The molecule has 0 spiro atoms. The lowest BCUT2D eigenvalue weighted by Crippen LogP contribution is -2.24. The van der Waals surface area contributed by atoms with Crippen molar-refractivity contribution in [2.45, 2.75) is 13.8 Å². The molecule has 44 valence electrons. The van der Waals surface area contributed by atoms with Crippen LogP contribution in [0, 0.1) is 5.41 Å². The van der Waals surface area contributed by atoms with E-state index in [4.69, 9.17) is 5.73 Å². The van der Waals surface area contributed by atoms with Crippen molar-refractivity contribution >= 4 is 12.6 Å². The molecule has 2 heteroatoms. The normalized spacial score (nSPS) is 12.0. The van der Waals surface area contributed by atoms with Crippen LogP contribution in [-0.2, 0) is 0 Å². The van der Waals surface area contributed by atoms with Gasteiger partial charge >= 0.3 is 0 Å². The van der Waals surface area contributed by atoms with Crippen molar-refractivity contribution < 1.29 is 0 Å². The largest absolute Gasteiger partial charge is 0.330 e. The lowest BCUT2D eigenvalue weighted by molar-refractivity contribution is 0.440. The quantitative estimate of drug-likeness (QED) is 0.519. The zero-order valence-electron chi connectivity index (χ0n) is 4.94. The Bertz CT molecular complexity index is 46.0.